The van der Waals surface area contributed by atoms with Gasteiger partial charge in [0.15, 0.2) is 5.78 Å². The summed E-state index contributed by atoms with van der Waals surface area (Å²) < 4.78 is 13.3. The molecule has 2 aliphatic rings. The maximum atomic E-state index is 13.8. The number of Topliss-reactive ketones (excluding diaryl/α,β-unsaturated/α-hetero) is 1. The summed E-state index contributed by atoms with van der Waals surface area (Å²) in [5, 5.41) is 8.87. The van der Waals surface area contributed by atoms with Crippen molar-refractivity contribution in [3.63, 3.8) is 0 Å². The Morgan fingerprint density at radius 2 is 1.64 bits per heavy atom. The number of allylic oxidation sites excluding steroid dienone is 2. The second kappa shape index (κ2) is 8.54. The topological polar surface area (TPSA) is 65.4 Å². The molecule has 5 rings (SSSR count). The number of nitrogens with zero attached hydrogens (tertiary/aromatic N) is 2. The monoisotopic (exact) mass is 485 g/mol. The molecular formula is C30H35N3O3. The van der Waals surface area contributed by atoms with Crippen molar-refractivity contribution >= 4 is 11.6 Å². The van der Waals surface area contributed by atoms with Crippen LogP contribution in [0.5, 0.6) is 11.5 Å². The summed E-state index contributed by atoms with van der Waals surface area (Å²) in [6, 6.07) is 16.1. The number of rotatable bonds is 4. The van der Waals surface area contributed by atoms with Crippen LogP contribution in [0.4, 0.5) is 5.82 Å². The van der Waals surface area contributed by atoms with Gasteiger partial charge in [-0.15, -0.1) is 0 Å². The summed E-state index contributed by atoms with van der Waals surface area (Å²) in [6.45, 7) is 10.8. The lowest BCUT2D eigenvalue weighted by Crippen LogP contribution is -2.35. The second-order valence-corrected chi connectivity index (χ2v) is 11.6. The molecule has 3 aromatic rings. The molecule has 0 bridgehead atoms. The van der Waals surface area contributed by atoms with Gasteiger partial charge in [-0.25, -0.2) is 4.68 Å². The fourth-order valence-electron chi connectivity index (χ4n) is 5.52. The lowest BCUT2D eigenvalue weighted by molar-refractivity contribution is -0.118. The molecule has 0 amide bonds. The molecule has 0 saturated carbocycles. The molecule has 6 nitrogen and oxygen atoms in total. The Hall–Kier alpha value is -3.54. The van der Waals surface area contributed by atoms with E-state index in [2.05, 4.69) is 56.8 Å². The van der Waals surface area contributed by atoms with Gasteiger partial charge in [0, 0.05) is 40.8 Å². The summed E-state index contributed by atoms with van der Waals surface area (Å²) in [7, 11) is 3.30. The molecule has 0 radical (unpaired) electrons. The van der Waals surface area contributed by atoms with Crippen molar-refractivity contribution in [2.75, 3.05) is 19.5 Å². The highest BCUT2D eigenvalue weighted by atomic mass is 16.5. The maximum absolute atomic E-state index is 13.8. The maximum Gasteiger partial charge on any atom is 0.162 e. The third kappa shape index (κ3) is 4.08. The molecule has 1 N–H and O–H groups in total. The zero-order chi connectivity index (χ0) is 25.8. The van der Waals surface area contributed by atoms with Gasteiger partial charge in [-0.1, -0.05) is 44.2 Å². The molecule has 188 valence electrons. The van der Waals surface area contributed by atoms with Crippen molar-refractivity contribution in [3.05, 3.63) is 70.9 Å². The van der Waals surface area contributed by atoms with Crippen LogP contribution in [0.1, 0.15) is 64.5 Å². The van der Waals surface area contributed by atoms with Gasteiger partial charge in [-0.2, -0.15) is 5.10 Å². The summed E-state index contributed by atoms with van der Waals surface area (Å²) in [5.41, 5.74) is 5.29. The van der Waals surface area contributed by atoms with E-state index in [0.717, 1.165) is 45.9 Å². The highest BCUT2D eigenvalue weighted by Crippen LogP contribution is 2.53. The predicted molar refractivity (Wildman–Crippen MR) is 143 cm³/mol. The Bertz CT molecular complexity index is 1340. The Kier molecular flexibility index (Phi) is 5.73. The highest BCUT2D eigenvalue weighted by Gasteiger charge is 2.44. The van der Waals surface area contributed by atoms with Gasteiger partial charge >= 0.3 is 0 Å². The van der Waals surface area contributed by atoms with Gasteiger partial charge in [0.1, 0.15) is 17.3 Å². The number of hydrogen-bond donors (Lipinski definition) is 1. The number of carbonyl (C=O) groups is 1. The van der Waals surface area contributed by atoms with Gasteiger partial charge in [-0.3, -0.25) is 4.79 Å². The summed E-state index contributed by atoms with van der Waals surface area (Å²) >= 11 is 0. The van der Waals surface area contributed by atoms with Crippen molar-refractivity contribution < 1.29 is 14.3 Å². The van der Waals surface area contributed by atoms with Crippen LogP contribution in [0, 0.1) is 5.41 Å². The number of ether oxygens (including phenoxy) is 2. The first-order valence-electron chi connectivity index (χ1n) is 12.5. The van der Waals surface area contributed by atoms with Crippen LogP contribution in [0.25, 0.3) is 11.3 Å². The molecular weight excluding hydrogens is 450 g/mol. The highest BCUT2D eigenvalue weighted by molar-refractivity contribution is 6.02. The van der Waals surface area contributed by atoms with Gasteiger partial charge < -0.3 is 14.8 Å². The Morgan fingerprint density at radius 1 is 1.00 bits per heavy atom. The molecule has 1 aliphatic carbocycles. The molecule has 1 atom stereocenters. The first kappa shape index (κ1) is 24.2. The third-order valence-corrected chi connectivity index (χ3v) is 7.08. The predicted octanol–water partition coefficient (Wildman–Crippen LogP) is 6.52. The van der Waals surface area contributed by atoms with E-state index < -0.39 is 0 Å². The molecule has 0 saturated heterocycles. The fraction of sp³-hybridized carbons (Fsp3) is 0.400. The molecule has 1 aliphatic heterocycles. The molecule has 2 aromatic carbocycles. The standard InChI is InChI=1S/C30H35N3O3/c1-29(2,3)33-28-26(27(32-33)18-11-9-8-10-12-18)24(19-13-20(35-6)15-21(14-19)36-7)25-22(31-28)16-30(4,5)17-23(25)34/h8-15,24,31H,16-17H2,1-7H3. The van der Waals surface area contributed by atoms with E-state index in [0.29, 0.717) is 17.9 Å². The van der Waals surface area contributed by atoms with Crippen LogP contribution in [0.15, 0.2) is 59.8 Å². The third-order valence-electron chi connectivity index (χ3n) is 7.08. The number of carbonyl (C=O) groups excluding carboxylic acids is 1. The van der Waals surface area contributed by atoms with Crippen LogP contribution in [0.3, 0.4) is 0 Å². The zero-order valence-electron chi connectivity index (χ0n) is 22.2. The van der Waals surface area contributed by atoms with E-state index in [4.69, 9.17) is 14.6 Å². The van der Waals surface area contributed by atoms with Crippen LogP contribution >= 0.6 is 0 Å². The lowest BCUT2D eigenvalue weighted by atomic mass is 9.68. The van der Waals surface area contributed by atoms with E-state index in [-0.39, 0.29) is 22.7 Å². The molecule has 36 heavy (non-hydrogen) atoms. The van der Waals surface area contributed by atoms with Gasteiger partial charge in [0.05, 0.1) is 25.5 Å². The number of anilines is 1. The van der Waals surface area contributed by atoms with E-state index in [1.807, 2.05) is 36.4 Å². The van der Waals surface area contributed by atoms with Crippen LogP contribution < -0.4 is 14.8 Å². The first-order chi connectivity index (χ1) is 17.0. The first-order valence-corrected chi connectivity index (χ1v) is 12.5. The Labute approximate surface area is 213 Å². The van der Waals surface area contributed by atoms with Crippen LogP contribution in [-0.4, -0.2) is 29.8 Å². The minimum Gasteiger partial charge on any atom is -0.497 e. The molecule has 1 unspecified atom stereocenters. The van der Waals surface area contributed by atoms with Crippen LogP contribution in [-0.2, 0) is 10.3 Å². The summed E-state index contributed by atoms with van der Waals surface area (Å²) in [4.78, 5) is 13.8. The van der Waals surface area contributed by atoms with Crippen molar-refractivity contribution in [3.8, 4) is 22.8 Å². The van der Waals surface area contributed by atoms with Crippen molar-refractivity contribution in [1.82, 2.24) is 9.78 Å². The molecule has 0 spiro atoms. The van der Waals surface area contributed by atoms with E-state index in [9.17, 15) is 4.79 Å². The van der Waals surface area contributed by atoms with Gasteiger partial charge in [0.2, 0.25) is 0 Å². The average Bonchev–Trinajstić information content (AvgIpc) is 3.21. The number of nitrogens with one attached hydrogen (secondary N) is 1. The Balaban J connectivity index is 1.86. The summed E-state index contributed by atoms with van der Waals surface area (Å²) in [6.07, 6.45) is 1.30. The number of methoxy groups -OCH3 is 2. The quantitative estimate of drug-likeness (QED) is 0.456. The largest absolute Gasteiger partial charge is 0.497 e. The normalized spacial score (nSPS) is 18.9. The van der Waals surface area contributed by atoms with Gasteiger partial charge in [-0.05, 0) is 50.3 Å². The second-order valence-electron chi connectivity index (χ2n) is 11.6. The van der Waals surface area contributed by atoms with Crippen molar-refractivity contribution in [2.24, 2.45) is 5.41 Å². The Morgan fingerprint density at radius 3 is 2.22 bits per heavy atom. The molecule has 2 heterocycles. The molecule has 0 fully saturated rings. The van der Waals surface area contributed by atoms with Crippen LogP contribution in [0.2, 0.25) is 0 Å². The van der Waals surface area contributed by atoms with Crippen molar-refractivity contribution in [1.29, 1.82) is 0 Å². The number of ketones is 1. The van der Waals surface area contributed by atoms with Gasteiger partial charge in [0.25, 0.3) is 0 Å². The molecule has 6 heteroatoms. The number of aromatic nitrogens is 2. The van der Waals surface area contributed by atoms with E-state index in [1.54, 1.807) is 14.2 Å². The number of fused-ring (bicyclic) bond motifs is 1. The fourth-order valence-corrected chi connectivity index (χ4v) is 5.52. The minimum absolute atomic E-state index is 0.119. The van der Waals surface area contributed by atoms with E-state index >= 15 is 0 Å². The van der Waals surface area contributed by atoms with E-state index in [1.165, 1.54) is 0 Å². The SMILES string of the molecule is COc1cc(OC)cc(C2C3=C(CC(C)(C)CC3=O)Nc3c2c(-c2ccccc2)nn3C(C)(C)C)c1. The average molecular weight is 486 g/mol. The summed E-state index contributed by atoms with van der Waals surface area (Å²) in [5.74, 6) is 2.21. The van der Waals surface area contributed by atoms with Crippen molar-refractivity contribution in [2.45, 2.75) is 58.9 Å². The smallest absolute Gasteiger partial charge is 0.162 e. The number of benzene rings is 2. The minimum atomic E-state index is -0.296. The lowest BCUT2D eigenvalue weighted by Gasteiger charge is -2.39. The molecule has 1 aromatic heterocycles. The number of hydrogen-bond acceptors (Lipinski definition) is 5. The zero-order valence-corrected chi connectivity index (χ0v) is 22.2.